The van der Waals surface area contributed by atoms with Crippen molar-refractivity contribution < 1.29 is 22.8 Å². The lowest BCUT2D eigenvalue weighted by Crippen LogP contribution is -1.88. The molecule has 118 heavy (non-hydrogen) atoms. The maximum absolute atomic E-state index is 5.10. The van der Waals surface area contributed by atoms with Crippen LogP contribution >= 0.6 is 68.0 Å². The van der Waals surface area contributed by atoms with Gasteiger partial charge >= 0.3 is 0 Å². The maximum Gasteiger partial charge on any atom is 0.0785 e. The molecule has 18 aromatic rings. The van der Waals surface area contributed by atoms with Gasteiger partial charge in [-0.15, -0.1) is 80.9 Å². The van der Waals surface area contributed by atoms with E-state index in [1.807, 2.05) is 57.5 Å². The maximum atomic E-state index is 5.10. The lowest BCUT2D eigenvalue weighted by molar-refractivity contribution is 0.556. The molecule has 0 fully saturated rings. The Morgan fingerprint density at radius 1 is 0.237 bits per heavy atom. The molecule has 0 bridgehead atoms. The van der Waals surface area contributed by atoms with Crippen LogP contribution in [-0.4, -0.2) is 0 Å². The largest absolute Gasteiger partial charge is 0.134 e. The molecule has 0 saturated heterocycles. The van der Waals surface area contributed by atoms with Gasteiger partial charge in [-0.3, -0.25) is 0 Å². The Kier molecular flexibility index (Phi) is 29.0. The summed E-state index contributed by atoms with van der Waals surface area (Å²) in [5.41, 5.74) is 10.6. The number of terminal acetylenes is 2. The second kappa shape index (κ2) is 41.8. The van der Waals surface area contributed by atoms with Gasteiger partial charge in [0.2, 0.25) is 0 Å². The second-order valence-corrected chi connectivity index (χ2v) is 36.9. The fraction of sp³-hybridized carbons (Fsp3) is 0.214. The molecule has 0 saturated carbocycles. The average molecular weight is 1670 g/mol. The monoisotopic (exact) mass is 1660 g/mol. The van der Waals surface area contributed by atoms with Crippen LogP contribution in [-0.2, 0) is 12.8 Å². The molecule has 0 radical (unpaired) electrons. The first kappa shape index (κ1) is 81.9. The Balaban J connectivity index is 0. The summed E-state index contributed by atoms with van der Waals surface area (Å²) in [5.74, 6) is 26.5. The molecule has 0 spiro atoms. The zero-order chi connectivity index (χ0) is 80.5. The molecule has 0 aliphatic rings. The van der Waals surface area contributed by atoms with Gasteiger partial charge in [0.15, 0.2) is 0 Å². The van der Waals surface area contributed by atoms with Gasteiger partial charge in [-0.1, -0.05) is 311 Å². The van der Waals surface area contributed by atoms with Crippen LogP contribution in [0.25, 0.3) is 145 Å². The van der Waals surface area contributed by atoms with E-state index in [2.05, 4.69) is 328 Å². The zero-order valence-corrected chi connectivity index (χ0v) is 72.5. The van der Waals surface area contributed by atoms with Gasteiger partial charge in [-0.05, 0) is 257 Å². The summed E-state index contributed by atoms with van der Waals surface area (Å²) in [5, 5.41) is 16.1. The van der Waals surface area contributed by atoms with E-state index in [4.69, 9.17) is 12.8 Å². The Morgan fingerprint density at radius 2 is 0.568 bits per heavy atom. The molecule has 0 nitrogen and oxygen atoms in total. The van der Waals surface area contributed by atoms with Crippen LogP contribution in [0.1, 0.15) is 186 Å². The van der Waals surface area contributed by atoms with E-state index < -0.39 is 0 Å². The summed E-state index contributed by atoms with van der Waals surface area (Å²) in [6.45, 7) is 4.58. The van der Waals surface area contributed by atoms with Crippen molar-refractivity contribution in [2.24, 2.45) is 0 Å². The lowest BCUT2D eigenvalue weighted by Gasteiger charge is -2.08. The van der Waals surface area contributed by atoms with E-state index in [-0.39, 0.29) is 22.8 Å². The third-order valence-corrected chi connectivity index (χ3v) is 29.2. The van der Waals surface area contributed by atoms with Crippen LogP contribution in [0.4, 0.5) is 0 Å². The van der Waals surface area contributed by atoms with Gasteiger partial charge in [0, 0.05) is 72.9 Å². The quantitative estimate of drug-likeness (QED) is 0.0288. The van der Waals surface area contributed by atoms with Crippen molar-refractivity contribution in [1.82, 2.24) is 0 Å². The van der Waals surface area contributed by atoms with Gasteiger partial charge < -0.3 is 0 Å². The first-order chi connectivity index (χ1) is 58.3. The highest BCUT2D eigenvalue weighted by molar-refractivity contribution is 7.37. The average Bonchev–Trinajstić information content (AvgIpc) is 1.59. The van der Waals surface area contributed by atoms with Gasteiger partial charge in [-0.25, -0.2) is 0 Å². The van der Waals surface area contributed by atoms with Crippen LogP contribution in [0, 0.1) is 72.1 Å². The molecule has 0 aliphatic carbocycles. The number of fused-ring (bicyclic) bond motifs is 14. The molecule has 0 aliphatic heterocycles. The molecular formula is C112H128S6. The number of unbranched alkanes of at least 4 members (excludes halogenated alkanes) is 18. The van der Waals surface area contributed by atoms with E-state index >= 15 is 0 Å². The number of thiophene rings is 6. The summed E-state index contributed by atoms with van der Waals surface area (Å²) in [7, 11) is 0. The summed E-state index contributed by atoms with van der Waals surface area (Å²) < 4.78 is 11.0. The van der Waals surface area contributed by atoms with Crippen molar-refractivity contribution in [3.8, 4) is 115 Å². The molecule has 0 atom stereocenters. The van der Waals surface area contributed by atoms with Crippen molar-refractivity contribution in [2.45, 2.75) is 155 Å². The van der Waals surface area contributed by atoms with Crippen molar-refractivity contribution in [3.05, 3.63) is 288 Å². The van der Waals surface area contributed by atoms with E-state index in [1.165, 1.54) is 298 Å². The molecule has 12 aromatic carbocycles. The fourth-order valence-corrected chi connectivity index (χ4v) is 22.9. The molecule has 18 rings (SSSR count). The summed E-state index contributed by atoms with van der Waals surface area (Å²) >= 11 is 10.9. The van der Waals surface area contributed by atoms with Crippen LogP contribution < -0.4 is 0 Å². The Bertz CT molecular complexity index is 6510. The lowest BCUT2D eigenvalue weighted by atomic mass is 9.96. The Labute approximate surface area is 745 Å². The van der Waals surface area contributed by atoms with Crippen LogP contribution in [0.5, 0.6) is 0 Å². The number of hydrogen-bond acceptors (Lipinski definition) is 6. The number of benzene rings is 12. The van der Waals surface area contributed by atoms with Gasteiger partial charge in [0.25, 0.3) is 0 Å². The molecule has 6 heterocycles. The fourth-order valence-electron chi connectivity index (χ4n) is 15.8. The zero-order valence-electron chi connectivity index (χ0n) is 67.6. The summed E-state index contributed by atoms with van der Waals surface area (Å²) in [6.07, 6.45) is 40.6. The van der Waals surface area contributed by atoms with Crippen LogP contribution in [0.15, 0.2) is 267 Å². The number of aryl methyl sites for hydroxylation is 2. The number of rotatable bonds is 26. The standard InChI is InChI=1S/2C32H38.2C24H10S3.16H2/c2*1-2-3-4-5-6-7-8-9-10-12-15-26-18-19-29-23-30-21-20-28(27-16-13-11-14-17-27)24-32(30)25-31(29)22-26;2*1-2-3-4-5-8-17-12-14-20(25-17)16-11-13-19-22(15-16)27-23-18-9-6-7-10-21(18)26-24(19)23;;;;;;;;;;;;;;;;/h2*11,13-14,16-25H,2-10,12,15H2,1H3;2*1,6-7,9-15H;16*1H. The van der Waals surface area contributed by atoms with E-state index in [9.17, 15) is 0 Å². The van der Waals surface area contributed by atoms with Gasteiger partial charge in [-0.2, -0.15) is 0 Å². The minimum atomic E-state index is 0. The minimum absolute atomic E-state index is 0. The third kappa shape index (κ3) is 21.2. The number of hydrogen-bond donors (Lipinski definition) is 0. The molecule has 6 aromatic heterocycles. The van der Waals surface area contributed by atoms with Gasteiger partial charge in [0.05, 0.1) is 28.6 Å². The SMILES string of the molecule is C#CC#CC#Cc1ccc(-c2ccc3c(c2)sc2c4ccccc4sc32)s1.C#CC#CC#Cc1ccc(-c2ccc3c(c2)sc2c4ccccc4sc32)s1.CCCCCCCCCCCCc1ccc2cc3ccc(-c4ccccc4)cc3cc2c1.CCCCCCCCCCCCc1ccc2cc3ccc(-c4ccccc4)cc3cc2c1.[HH].[HH].[HH].[HH].[HH].[HH].[HH].[HH].[HH].[HH].[HH].[HH].[HH].[HH].[HH].[HH]. The topological polar surface area (TPSA) is 0 Å². The van der Waals surface area contributed by atoms with Crippen molar-refractivity contribution in [1.29, 1.82) is 0 Å². The summed E-state index contributed by atoms with van der Waals surface area (Å²) in [6, 6.07) is 97.7. The highest BCUT2D eigenvalue weighted by atomic mass is 32.1. The molecule has 6 heteroatoms. The smallest absolute Gasteiger partial charge is 0.0785 e. The molecule has 0 N–H and O–H groups in total. The highest BCUT2D eigenvalue weighted by Crippen LogP contribution is 2.48. The first-order valence-electron chi connectivity index (χ1n) is 42.2. The Hall–Kier alpha value is -11.2. The summed E-state index contributed by atoms with van der Waals surface area (Å²) in [4.78, 5) is 4.42. The predicted molar refractivity (Wildman–Crippen MR) is 562 cm³/mol. The van der Waals surface area contributed by atoms with Crippen molar-refractivity contribution >= 4 is 170 Å². The normalized spacial score (nSPS) is 10.9. The minimum Gasteiger partial charge on any atom is -0.134 e. The third-order valence-electron chi connectivity index (χ3n) is 22.1. The van der Waals surface area contributed by atoms with Crippen LogP contribution in [0.2, 0.25) is 0 Å². The molecule has 612 valence electrons. The van der Waals surface area contributed by atoms with E-state index in [0.717, 1.165) is 9.75 Å². The van der Waals surface area contributed by atoms with E-state index in [0.29, 0.717) is 0 Å². The molecule has 0 unspecified atom stereocenters. The molecular weight excluding hydrogens is 1540 g/mol. The predicted octanol–water partition coefficient (Wildman–Crippen LogP) is 38.2. The first-order valence-corrected chi connectivity index (χ1v) is 47.1. The second-order valence-electron chi connectivity index (χ2n) is 30.5. The van der Waals surface area contributed by atoms with Crippen molar-refractivity contribution in [3.63, 3.8) is 0 Å². The van der Waals surface area contributed by atoms with Crippen LogP contribution in [0.3, 0.4) is 0 Å². The van der Waals surface area contributed by atoms with E-state index in [1.54, 1.807) is 22.7 Å². The van der Waals surface area contributed by atoms with Gasteiger partial charge in [0.1, 0.15) is 0 Å². The molecule has 0 amide bonds. The highest BCUT2D eigenvalue weighted by Gasteiger charge is 2.16. The van der Waals surface area contributed by atoms with Crippen molar-refractivity contribution in [2.75, 3.05) is 0 Å². The Morgan fingerprint density at radius 3 is 0.966 bits per heavy atom.